The Morgan fingerprint density at radius 2 is 1.93 bits per heavy atom. The van der Waals surface area contributed by atoms with Gasteiger partial charge in [0, 0.05) is 10.9 Å². The zero-order valence-corrected chi connectivity index (χ0v) is 16.0. The fraction of sp³-hybridized carbons (Fsp3) is 0.158. The number of hydrogen-bond acceptors (Lipinski definition) is 5. The predicted octanol–water partition coefficient (Wildman–Crippen LogP) is 5.02. The third-order valence-corrected chi connectivity index (χ3v) is 4.25. The number of fused-ring (bicyclic) bond motifs is 1. The molecule has 0 atom stereocenters. The molecule has 0 bridgehead atoms. The summed E-state index contributed by atoms with van der Waals surface area (Å²) in [6, 6.07) is 9.14. The van der Waals surface area contributed by atoms with Gasteiger partial charge in [-0.3, -0.25) is 0 Å². The smallest absolute Gasteiger partial charge is 0.412 e. The third kappa shape index (κ3) is 3.95. The number of ether oxygens (including phenoxy) is 2. The maximum atomic E-state index is 14.0. The van der Waals surface area contributed by atoms with Crippen molar-refractivity contribution in [3.05, 3.63) is 52.3 Å². The molecule has 1 heterocycles. The van der Waals surface area contributed by atoms with Crippen LogP contribution in [-0.4, -0.2) is 18.2 Å². The van der Waals surface area contributed by atoms with Gasteiger partial charge in [-0.2, -0.15) is 0 Å². The highest BCUT2D eigenvalue weighted by atomic mass is 79.9. The Kier molecular flexibility index (Phi) is 5.18. The molecule has 0 unspecified atom stereocenters. The molecule has 0 aliphatic heterocycles. The minimum absolute atomic E-state index is 0.0419. The van der Waals surface area contributed by atoms with E-state index in [1.54, 1.807) is 24.3 Å². The first-order valence-electron chi connectivity index (χ1n) is 7.96. The van der Waals surface area contributed by atoms with E-state index in [9.17, 15) is 14.0 Å². The average molecular weight is 436 g/mol. The molecular weight excluding hydrogens is 421 g/mol. The zero-order chi connectivity index (χ0) is 19.7. The lowest BCUT2D eigenvalue weighted by Gasteiger charge is -2.09. The van der Waals surface area contributed by atoms with Gasteiger partial charge in [0.2, 0.25) is 0 Å². The van der Waals surface area contributed by atoms with Crippen molar-refractivity contribution in [1.29, 1.82) is 0 Å². The minimum atomic E-state index is -1.25. The van der Waals surface area contributed by atoms with Crippen LogP contribution in [0.3, 0.4) is 0 Å². The van der Waals surface area contributed by atoms with Gasteiger partial charge in [-0.15, -0.1) is 0 Å². The predicted molar refractivity (Wildman–Crippen MR) is 100 cm³/mol. The van der Waals surface area contributed by atoms with E-state index >= 15 is 0 Å². The van der Waals surface area contributed by atoms with Crippen molar-refractivity contribution < 1.29 is 27.9 Å². The summed E-state index contributed by atoms with van der Waals surface area (Å²) >= 11 is 3.07. The van der Waals surface area contributed by atoms with Crippen molar-refractivity contribution >= 4 is 39.0 Å². The van der Waals surface area contributed by atoms with Gasteiger partial charge in [0.05, 0.1) is 10.6 Å². The van der Waals surface area contributed by atoms with Crippen LogP contribution in [0.25, 0.3) is 22.3 Å². The van der Waals surface area contributed by atoms with Crippen molar-refractivity contribution in [2.45, 2.75) is 20.0 Å². The Bertz CT molecular complexity index is 1040. The van der Waals surface area contributed by atoms with Crippen LogP contribution in [-0.2, 0) is 4.74 Å². The molecule has 2 aromatic carbocycles. The van der Waals surface area contributed by atoms with Gasteiger partial charge in [-0.1, -0.05) is 0 Å². The molecule has 0 saturated carbocycles. The van der Waals surface area contributed by atoms with Crippen LogP contribution in [0, 0.1) is 5.82 Å². The Morgan fingerprint density at radius 1 is 1.19 bits per heavy atom. The minimum Gasteiger partial charge on any atom is -0.491 e. The van der Waals surface area contributed by atoms with E-state index in [-0.39, 0.29) is 21.9 Å². The monoisotopic (exact) mass is 435 g/mol. The van der Waals surface area contributed by atoms with Crippen molar-refractivity contribution in [1.82, 2.24) is 0 Å². The summed E-state index contributed by atoms with van der Waals surface area (Å²) in [5.41, 5.74) is 5.58. The van der Waals surface area contributed by atoms with E-state index < -0.39 is 17.9 Å². The number of carbonyl (C=O) groups is 2. The molecule has 1 aromatic heterocycles. The third-order valence-electron chi connectivity index (χ3n) is 3.61. The van der Waals surface area contributed by atoms with Crippen molar-refractivity contribution in [2.24, 2.45) is 5.73 Å². The number of esters is 1. The second kappa shape index (κ2) is 7.40. The largest absolute Gasteiger partial charge is 0.491 e. The second-order valence-corrected chi connectivity index (χ2v) is 6.82. The molecule has 6 nitrogen and oxygen atoms in total. The number of hydrogen-bond donors (Lipinski definition) is 1. The Labute approximate surface area is 162 Å². The number of nitrogens with two attached hydrogens (primary N) is 1. The first kappa shape index (κ1) is 18.9. The normalized spacial score (nSPS) is 11.0. The summed E-state index contributed by atoms with van der Waals surface area (Å²) < 4.78 is 30.2. The maximum absolute atomic E-state index is 14.0. The number of primary amides is 1. The fourth-order valence-corrected chi connectivity index (χ4v) is 2.85. The van der Waals surface area contributed by atoms with Gasteiger partial charge in [-0.25, -0.2) is 14.0 Å². The summed E-state index contributed by atoms with van der Waals surface area (Å²) in [5, 5.41) is 0.359. The second-order valence-electron chi connectivity index (χ2n) is 5.97. The molecule has 3 rings (SSSR count). The van der Waals surface area contributed by atoms with Gasteiger partial charge in [-0.05, 0) is 66.2 Å². The number of benzene rings is 2. The van der Waals surface area contributed by atoms with Crippen LogP contribution < -0.4 is 10.5 Å². The van der Waals surface area contributed by atoms with Gasteiger partial charge in [0.25, 0.3) is 0 Å². The van der Waals surface area contributed by atoms with Crippen LogP contribution >= 0.6 is 15.9 Å². The van der Waals surface area contributed by atoms with Crippen molar-refractivity contribution in [3.63, 3.8) is 0 Å². The Hall–Kier alpha value is -2.87. The van der Waals surface area contributed by atoms with Gasteiger partial charge < -0.3 is 19.6 Å². The molecule has 0 aliphatic rings. The lowest BCUT2D eigenvalue weighted by molar-refractivity contribution is 0.0640. The molecule has 8 heteroatoms. The standard InChI is InChI=1S/C19H15BrFNO5/c1-9(2)25-11-4-6-15-12(8-11)16(18(23)27-19(22)24)17(26-15)10-3-5-13(20)14(21)7-10/h3-9H,1-2H3,(H2,22,24). The number of amides is 1. The summed E-state index contributed by atoms with van der Waals surface area (Å²) in [5.74, 6) is -0.975. The lowest BCUT2D eigenvalue weighted by atomic mass is 10.1. The summed E-state index contributed by atoms with van der Waals surface area (Å²) in [6.45, 7) is 3.72. The summed E-state index contributed by atoms with van der Waals surface area (Å²) in [6.07, 6.45) is -1.34. The molecule has 1 amide bonds. The number of halogens is 2. The van der Waals surface area contributed by atoms with E-state index in [2.05, 4.69) is 20.7 Å². The van der Waals surface area contributed by atoms with Gasteiger partial charge in [0.1, 0.15) is 28.5 Å². The van der Waals surface area contributed by atoms with E-state index in [0.717, 1.165) is 0 Å². The van der Waals surface area contributed by atoms with Crippen LogP contribution in [0.4, 0.5) is 9.18 Å². The highest BCUT2D eigenvalue weighted by Gasteiger charge is 2.26. The van der Waals surface area contributed by atoms with E-state index in [0.29, 0.717) is 22.3 Å². The van der Waals surface area contributed by atoms with Gasteiger partial charge >= 0.3 is 12.1 Å². The molecule has 140 valence electrons. The first-order valence-corrected chi connectivity index (χ1v) is 8.75. The maximum Gasteiger partial charge on any atom is 0.412 e. The molecule has 0 spiro atoms. The molecule has 27 heavy (non-hydrogen) atoms. The zero-order valence-electron chi connectivity index (χ0n) is 14.4. The fourth-order valence-electron chi connectivity index (χ4n) is 2.61. The molecule has 3 aromatic rings. The van der Waals surface area contributed by atoms with Crippen molar-refractivity contribution in [2.75, 3.05) is 0 Å². The quantitative estimate of drug-likeness (QED) is 0.458. The molecule has 0 fully saturated rings. The average Bonchev–Trinajstić information content (AvgIpc) is 2.95. The van der Waals surface area contributed by atoms with Crippen molar-refractivity contribution in [3.8, 4) is 17.1 Å². The Morgan fingerprint density at radius 3 is 2.56 bits per heavy atom. The first-order chi connectivity index (χ1) is 12.8. The lowest BCUT2D eigenvalue weighted by Crippen LogP contribution is -2.18. The number of furan rings is 1. The van der Waals surface area contributed by atoms with E-state index in [1.165, 1.54) is 12.1 Å². The highest BCUT2D eigenvalue weighted by molar-refractivity contribution is 9.10. The van der Waals surface area contributed by atoms with E-state index in [1.807, 2.05) is 13.8 Å². The SMILES string of the molecule is CC(C)Oc1ccc2oc(-c3ccc(Br)c(F)c3)c(C(=O)OC(N)=O)c2c1. The summed E-state index contributed by atoms with van der Waals surface area (Å²) in [4.78, 5) is 23.5. The topological polar surface area (TPSA) is 91.8 Å². The summed E-state index contributed by atoms with van der Waals surface area (Å²) in [7, 11) is 0. The van der Waals surface area contributed by atoms with Gasteiger partial charge in [0.15, 0.2) is 0 Å². The molecule has 0 radical (unpaired) electrons. The molecule has 0 aliphatic carbocycles. The molecule has 2 N–H and O–H groups in total. The van der Waals surface area contributed by atoms with Crippen LogP contribution in [0.1, 0.15) is 24.2 Å². The Balaban J connectivity index is 2.23. The van der Waals surface area contributed by atoms with Crippen LogP contribution in [0.2, 0.25) is 0 Å². The highest BCUT2D eigenvalue weighted by Crippen LogP contribution is 2.37. The molecular formula is C19H15BrFNO5. The van der Waals surface area contributed by atoms with E-state index in [4.69, 9.17) is 14.9 Å². The van der Waals surface area contributed by atoms with Crippen LogP contribution in [0.5, 0.6) is 5.75 Å². The molecule has 0 saturated heterocycles. The number of carbonyl (C=O) groups excluding carboxylic acids is 2. The number of rotatable bonds is 4. The van der Waals surface area contributed by atoms with Crippen LogP contribution in [0.15, 0.2) is 45.3 Å².